The highest BCUT2D eigenvalue weighted by Gasteiger charge is 2.51. The third kappa shape index (κ3) is 3.46. The van der Waals surface area contributed by atoms with Crippen molar-refractivity contribution in [2.24, 2.45) is 0 Å². The molecule has 0 radical (unpaired) electrons. The molecule has 1 aliphatic rings. The van der Waals surface area contributed by atoms with Gasteiger partial charge in [-0.2, -0.15) is 0 Å². The molecule has 0 aliphatic carbocycles. The van der Waals surface area contributed by atoms with Crippen LogP contribution >= 0.6 is 0 Å². The van der Waals surface area contributed by atoms with E-state index in [1.165, 1.54) is 0 Å². The molecule has 1 N–H and O–H groups in total. The van der Waals surface area contributed by atoms with Crippen molar-refractivity contribution in [3.63, 3.8) is 0 Å². The first-order valence-electron chi connectivity index (χ1n) is 8.37. The maximum atomic E-state index is 12.5. The number of amides is 1. The third-order valence-corrected chi connectivity index (χ3v) is 4.93. The van der Waals surface area contributed by atoms with Crippen molar-refractivity contribution >= 4 is 24.2 Å². The SMILES string of the molecule is Cc1cnccc1C(=O)Nc1cccc(B2OC(C)(C)C(C)(C)O2)c1. The van der Waals surface area contributed by atoms with Crippen LogP contribution in [-0.2, 0) is 9.31 Å². The van der Waals surface area contributed by atoms with Crippen molar-refractivity contribution in [3.8, 4) is 0 Å². The molecule has 1 saturated heterocycles. The molecule has 3 rings (SSSR count). The van der Waals surface area contributed by atoms with Gasteiger partial charge in [0.05, 0.1) is 11.2 Å². The summed E-state index contributed by atoms with van der Waals surface area (Å²) in [5, 5.41) is 2.93. The van der Waals surface area contributed by atoms with Gasteiger partial charge in [-0.3, -0.25) is 9.78 Å². The number of benzene rings is 1. The molecular weight excluding hydrogens is 315 g/mol. The average Bonchev–Trinajstić information content (AvgIpc) is 2.76. The van der Waals surface area contributed by atoms with Gasteiger partial charge >= 0.3 is 7.12 Å². The van der Waals surface area contributed by atoms with E-state index in [-0.39, 0.29) is 5.91 Å². The molecule has 1 aromatic heterocycles. The molecular formula is C19H23BN2O3. The summed E-state index contributed by atoms with van der Waals surface area (Å²) in [5.74, 6) is -0.161. The van der Waals surface area contributed by atoms with Gasteiger partial charge in [0, 0.05) is 23.6 Å². The summed E-state index contributed by atoms with van der Waals surface area (Å²) in [6.45, 7) is 9.94. The minimum Gasteiger partial charge on any atom is -0.399 e. The Morgan fingerprint density at radius 3 is 2.44 bits per heavy atom. The molecule has 1 aromatic carbocycles. The Bertz CT molecular complexity index is 789. The predicted octanol–water partition coefficient (Wildman–Crippen LogP) is 2.94. The lowest BCUT2D eigenvalue weighted by atomic mass is 9.79. The first kappa shape index (κ1) is 17.6. The lowest BCUT2D eigenvalue weighted by molar-refractivity contribution is 0.00578. The number of rotatable bonds is 3. The standard InChI is InChI=1S/C19H23BN2O3/c1-13-12-21-10-9-16(13)17(23)22-15-8-6-7-14(11-15)20-24-18(2,3)19(4,5)25-20/h6-12H,1-5H3,(H,22,23). The highest BCUT2D eigenvalue weighted by Crippen LogP contribution is 2.36. The summed E-state index contributed by atoms with van der Waals surface area (Å²) in [6, 6.07) is 9.27. The monoisotopic (exact) mass is 338 g/mol. The van der Waals surface area contributed by atoms with Crippen LogP contribution in [0.4, 0.5) is 5.69 Å². The van der Waals surface area contributed by atoms with Crippen LogP contribution < -0.4 is 10.8 Å². The lowest BCUT2D eigenvalue weighted by Gasteiger charge is -2.32. The zero-order valence-corrected chi connectivity index (χ0v) is 15.3. The molecule has 0 bridgehead atoms. The van der Waals surface area contributed by atoms with Crippen molar-refractivity contribution in [1.29, 1.82) is 0 Å². The van der Waals surface area contributed by atoms with E-state index in [0.717, 1.165) is 11.0 Å². The lowest BCUT2D eigenvalue weighted by Crippen LogP contribution is -2.41. The van der Waals surface area contributed by atoms with Crippen LogP contribution in [0.3, 0.4) is 0 Å². The number of carbonyl (C=O) groups excluding carboxylic acids is 1. The molecule has 5 nitrogen and oxygen atoms in total. The second-order valence-corrected chi connectivity index (χ2v) is 7.36. The maximum Gasteiger partial charge on any atom is 0.494 e. The molecule has 2 heterocycles. The quantitative estimate of drug-likeness (QED) is 0.874. The van der Waals surface area contributed by atoms with E-state index in [2.05, 4.69) is 10.3 Å². The molecule has 2 aromatic rings. The van der Waals surface area contributed by atoms with Crippen LogP contribution in [0.15, 0.2) is 42.7 Å². The van der Waals surface area contributed by atoms with E-state index < -0.39 is 18.3 Å². The van der Waals surface area contributed by atoms with Gasteiger partial charge in [0.15, 0.2) is 0 Å². The van der Waals surface area contributed by atoms with Crippen LogP contribution in [0.25, 0.3) is 0 Å². The van der Waals surface area contributed by atoms with Crippen LogP contribution in [0.5, 0.6) is 0 Å². The molecule has 6 heteroatoms. The Balaban J connectivity index is 1.79. The minimum atomic E-state index is -0.454. The van der Waals surface area contributed by atoms with E-state index in [1.807, 2.05) is 58.9 Å². The molecule has 130 valence electrons. The highest BCUT2D eigenvalue weighted by atomic mass is 16.7. The number of aryl methyl sites for hydroxylation is 1. The molecule has 0 unspecified atom stereocenters. The van der Waals surface area contributed by atoms with Crippen LogP contribution in [0.2, 0.25) is 0 Å². The Morgan fingerprint density at radius 1 is 1.12 bits per heavy atom. The number of hydrogen-bond acceptors (Lipinski definition) is 4. The molecule has 1 aliphatic heterocycles. The molecule has 1 fully saturated rings. The summed E-state index contributed by atoms with van der Waals surface area (Å²) in [4.78, 5) is 16.5. The van der Waals surface area contributed by atoms with Crippen molar-refractivity contribution in [1.82, 2.24) is 4.98 Å². The number of anilines is 1. The fraction of sp³-hybridized carbons (Fsp3) is 0.368. The van der Waals surface area contributed by atoms with Gasteiger partial charge in [-0.25, -0.2) is 0 Å². The summed E-state index contributed by atoms with van der Waals surface area (Å²) in [7, 11) is -0.454. The predicted molar refractivity (Wildman–Crippen MR) is 99.1 cm³/mol. The Morgan fingerprint density at radius 2 is 1.80 bits per heavy atom. The van der Waals surface area contributed by atoms with Gasteiger partial charge in [-0.15, -0.1) is 0 Å². The summed E-state index contributed by atoms with van der Waals surface area (Å²) in [6.07, 6.45) is 3.29. The number of aromatic nitrogens is 1. The van der Waals surface area contributed by atoms with Gasteiger partial charge in [0.1, 0.15) is 0 Å². The van der Waals surface area contributed by atoms with Crippen LogP contribution in [-0.4, -0.2) is 29.2 Å². The zero-order valence-electron chi connectivity index (χ0n) is 15.3. The number of nitrogens with zero attached hydrogens (tertiary/aromatic N) is 1. The van der Waals surface area contributed by atoms with Gasteiger partial charge in [0.2, 0.25) is 0 Å². The molecule has 1 amide bonds. The average molecular weight is 338 g/mol. The van der Waals surface area contributed by atoms with E-state index in [4.69, 9.17) is 9.31 Å². The maximum absolute atomic E-state index is 12.5. The first-order chi connectivity index (χ1) is 11.7. The number of nitrogens with one attached hydrogen (secondary N) is 1. The number of hydrogen-bond donors (Lipinski definition) is 1. The third-order valence-electron chi connectivity index (χ3n) is 4.93. The van der Waals surface area contributed by atoms with Crippen LogP contribution in [0.1, 0.15) is 43.6 Å². The van der Waals surface area contributed by atoms with Crippen molar-refractivity contribution in [2.45, 2.75) is 45.8 Å². The molecule has 0 atom stereocenters. The van der Waals surface area contributed by atoms with Gasteiger partial charge in [-0.05, 0) is 63.8 Å². The summed E-state index contributed by atoms with van der Waals surface area (Å²) < 4.78 is 12.1. The van der Waals surface area contributed by atoms with E-state index >= 15 is 0 Å². The van der Waals surface area contributed by atoms with Gasteiger partial charge < -0.3 is 14.6 Å². The van der Waals surface area contributed by atoms with E-state index in [0.29, 0.717) is 11.3 Å². The Kier molecular flexibility index (Phi) is 4.43. The fourth-order valence-corrected chi connectivity index (χ4v) is 2.67. The normalized spacial score (nSPS) is 18.2. The zero-order chi connectivity index (χ0) is 18.2. The second-order valence-electron chi connectivity index (χ2n) is 7.36. The Hall–Kier alpha value is -2.18. The second kappa shape index (κ2) is 6.28. The van der Waals surface area contributed by atoms with Crippen molar-refractivity contribution in [3.05, 3.63) is 53.9 Å². The molecule has 0 saturated carbocycles. The Labute approximate surface area is 148 Å². The number of pyridine rings is 1. The summed E-state index contributed by atoms with van der Waals surface area (Å²) >= 11 is 0. The fourth-order valence-electron chi connectivity index (χ4n) is 2.67. The van der Waals surface area contributed by atoms with Gasteiger partial charge in [0.25, 0.3) is 5.91 Å². The van der Waals surface area contributed by atoms with Gasteiger partial charge in [-0.1, -0.05) is 12.1 Å². The van der Waals surface area contributed by atoms with Crippen molar-refractivity contribution in [2.75, 3.05) is 5.32 Å². The minimum absolute atomic E-state index is 0.161. The largest absolute Gasteiger partial charge is 0.494 e. The smallest absolute Gasteiger partial charge is 0.399 e. The topological polar surface area (TPSA) is 60.5 Å². The molecule has 25 heavy (non-hydrogen) atoms. The summed E-state index contributed by atoms with van der Waals surface area (Å²) in [5.41, 5.74) is 2.23. The molecule has 0 spiro atoms. The first-order valence-corrected chi connectivity index (χ1v) is 8.37. The number of carbonyl (C=O) groups is 1. The highest BCUT2D eigenvalue weighted by molar-refractivity contribution is 6.62. The van der Waals surface area contributed by atoms with Crippen LogP contribution in [0, 0.1) is 6.92 Å². The van der Waals surface area contributed by atoms with E-state index in [9.17, 15) is 4.79 Å². The van der Waals surface area contributed by atoms with E-state index in [1.54, 1.807) is 18.5 Å². The van der Waals surface area contributed by atoms with Crippen molar-refractivity contribution < 1.29 is 14.1 Å².